The fraction of sp³-hybridized carbons (Fsp3) is 0.917. The molecule has 0 heterocycles. The van der Waals surface area contributed by atoms with Gasteiger partial charge in [0.15, 0.2) is 0 Å². The van der Waals surface area contributed by atoms with Gasteiger partial charge in [-0.2, -0.15) is 0 Å². The smallest absolute Gasteiger partial charge is 0.306 e. The van der Waals surface area contributed by atoms with Crippen molar-refractivity contribution in [1.82, 2.24) is 0 Å². The van der Waals surface area contributed by atoms with Crippen molar-refractivity contribution in [2.75, 3.05) is 0 Å². The molecular formula is C12H24O3. The molecule has 0 aromatic rings. The summed E-state index contributed by atoms with van der Waals surface area (Å²) >= 11 is 0. The maximum Gasteiger partial charge on any atom is 0.306 e. The molecule has 15 heavy (non-hydrogen) atoms. The molecule has 0 fully saturated rings. The summed E-state index contributed by atoms with van der Waals surface area (Å²) in [4.78, 5) is 11.3. The Balaban J connectivity index is 3.79. The van der Waals surface area contributed by atoms with E-state index in [0.29, 0.717) is 6.42 Å². The molecule has 0 aliphatic heterocycles. The van der Waals surface area contributed by atoms with Gasteiger partial charge in [-0.3, -0.25) is 4.79 Å². The van der Waals surface area contributed by atoms with Crippen molar-refractivity contribution < 1.29 is 14.6 Å². The minimum Gasteiger partial charge on any atom is -0.463 e. The third-order valence-corrected chi connectivity index (χ3v) is 2.37. The summed E-state index contributed by atoms with van der Waals surface area (Å²) < 4.78 is 5.03. The summed E-state index contributed by atoms with van der Waals surface area (Å²) in [5, 5.41) is 9.72. The summed E-state index contributed by atoms with van der Waals surface area (Å²) in [5.74, 6) is -0.226. The lowest BCUT2D eigenvalue weighted by Crippen LogP contribution is -2.23. The highest BCUT2D eigenvalue weighted by molar-refractivity contribution is 5.69. The van der Waals surface area contributed by atoms with Gasteiger partial charge in [0.25, 0.3) is 0 Å². The first-order valence-electron chi connectivity index (χ1n) is 5.84. The van der Waals surface area contributed by atoms with Gasteiger partial charge in [-0.05, 0) is 26.2 Å². The fourth-order valence-corrected chi connectivity index (χ4v) is 1.41. The van der Waals surface area contributed by atoms with Crippen molar-refractivity contribution in [2.45, 2.75) is 65.6 Å². The quantitative estimate of drug-likeness (QED) is 0.665. The molecule has 0 unspecified atom stereocenters. The Morgan fingerprint density at radius 3 is 2.40 bits per heavy atom. The maximum absolute atomic E-state index is 11.3. The van der Waals surface area contributed by atoms with Gasteiger partial charge < -0.3 is 9.84 Å². The number of esters is 1. The number of aliphatic hydroxyl groups excluding tert-OH is 1. The van der Waals surface area contributed by atoms with E-state index in [9.17, 15) is 9.90 Å². The molecule has 2 atom stereocenters. The molecule has 0 spiro atoms. The molecule has 90 valence electrons. The van der Waals surface area contributed by atoms with Gasteiger partial charge in [-0.15, -0.1) is 0 Å². The molecule has 0 aromatic heterocycles. The molecule has 0 aromatic carbocycles. The third kappa shape index (κ3) is 7.37. The van der Waals surface area contributed by atoms with Crippen LogP contribution < -0.4 is 0 Å². The van der Waals surface area contributed by atoms with Gasteiger partial charge >= 0.3 is 5.97 Å². The molecule has 3 nitrogen and oxygen atoms in total. The van der Waals surface area contributed by atoms with Crippen LogP contribution in [-0.2, 0) is 9.53 Å². The van der Waals surface area contributed by atoms with Crippen LogP contribution in [-0.4, -0.2) is 23.3 Å². The first-order valence-corrected chi connectivity index (χ1v) is 5.84. The SMILES string of the molecule is CCCC[C@@H](O)[C@@H](C)CC(=O)OC(C)C. The predicted octanol–water partition coefficient (Wildman–Crippen LogP) is 2.52. The predicted molar refractivity (Wildman–Crippen MR) is 60.5 cm³/mol. The fourth-order valence-electron chi connectivity index (χ4n) is 1.41. The van der Waals surface area contributed by atoms with Gasteiger partial charge in [0.05, 0.1) is 18.6 Å². The first-order chi connectivity index (χ1) is 6.97. The molecule has 0 saturated carbocycles. The summed E-state index contributed by atoms with van der Waals surface area (Å²) in [6.07, 6.45) is 2.70. The second kappa shape index (κ2) is 7.69. The van der Waals surface area contributed by atoms with Crippen molar-refractivity contribution in [3.8, 4) is 0 Å². The number of hydrogen-bond donors (Lipinski definition) is 1. The monoisotopic (exact) mass is 216 g/mol. The van der Waals surface area contributed by atoms with Crippen molar-refractivity contribution in [1.29, 1.82) is 0 Å². The summed E-state index contributed by atoms with van der Waals surface area (Å²) in [5.41, 5.74) is 0. The van der Waals surface area contributed by atoms with E-state index < -0.39 is 0 Å². The summed E-state index contributed by atoms with van der Waals surface area (Å²) in [6, 6.07) is 0. The van der Waals surface area contributed by atoms with E-state index >= 15 is 0 Å². The topological polar surface area (TPSA) is 46.5 Å². The zero-order chi connectivity index (χ0) is 11.8. The Hall–Kier alpha value is -0.570. The van der Waals surface area contributed by atoms with Crippen LogP contribution in [0.4, 0.5) is 0 Å². The van der Waals surface area contributed by atoms with Gasteiger partial charge in [0, 0.05) is 0 Å². The van der Waals surface area contributed by atoms with Crippen LogP contribution in [0.5, 0.6) is 0 Å². The summed E-state index contributed by atoms with van der Waals surface area (Å²) in [6.45, 7) is 7.64. The summed E-state index contributed by atoms with van der Waals surface area (Å²) in [7, 11) is 0. The zero-order valence-electron chi connectivity index (χ0n) is 10.3. The molecule has 0 amide bonds. The van der Waals surface area contributed by atoms with E-state index in [2.05, 4.69) is 6.92 Å². The van der Waals surface area contributed by atoms with Crippen LogP contribution in [0, 0.1) is 5.92 Å². The van der Waals surface area contributed by atoms with Crippen LogP contribution in [0.15, 0.2) is 0 Å². The van der Waals surface area contributed by atoms with E-state index in [4.69, 9.17) is 4.74 Å². The lowest BCUT2D eigenvalue weighted by Gasteiger charge is -2.18. The van der Waals surface area contributed by atoms with Crippen LogP contribution >= 0.6 is 0 Å². The second-order valence-corrected chi connectivity index (χ2v) is 4.43. The highest BCUT2D eigenvalue weighted by Gasteiger charge is 2.18. The molecule has 0 rings (SSSR count). The number of ether oxygens (including phenoxy) is 1. The normalized spacial score (nSPS) is 15.1. The van der Waals surface area contributed by atoms with Crippen LogP contribution in [0.1, 0.15) is 53.4 Å². The lowest BCUT2D eigenvalue weighted by molar-refractivity contribution is -0.149. The maximum atomic E-state index is 11.3. The van der Waals surface area contributed by atoms with Crippen LogP contribution in [0.2, 0.25) is 0 Å². The molecular weight excluding hydrogens is 192 g/mol. The van der Waals surface area contributed by atoms with Crippen molar-refractivity contribution in [3.05, 3.63) is 0 Å². The lowest BCUT2D eigenvalue weighted by atomic mass is 9.97. The average Bonchev–Trinajstić information content (AvgIpc) is 2.12. The minimum atomic E-state index is -0.385. The number of hydrogen-bond acceptors (Lipinski definition) is 3. The first kappa shape index (κ1) is 14.4. The van der Waals surface area contributed by atoms with Crippen molar-refractivity contribution in [2.24, 2.45) is 5.92 Å². The molecule has 3 heteroatoms. The van der Waals surface area contributed by atoms with E-state index in [0.717, 1.165) is 19.3 Å². The number of unbranched alkanes of at least 4 members (excludes halogenated alkanes) is 1. The second-order valence-electron chi connectivity index (χ2n) is 4.43. The zero-order valence-corrected chi connectivity index (χ0v) is 10.3. The Labute approximate surface area is 92.8 Å². The molecule has 0 saturated heterocycles. The minimum absolute atomic E-state index is 0.0113. The Bertz CT molecular complexity index is 178. The molecule has 0 bridgehead atoms. The standard InChI is InChI=1S/C12H24O3/c1-5-6-7-11(13)10(4)8-12(14)15-9(2)3/h9-11,13H,5-8H2,1-4H3/t10-,11+/m0/s1. The molecule has 1 N–H and O–H groups in total. The highest BCUT2D eigenvalue weighted by atomic mass is 16.5. The number of carbonyl (C=O) groups excluding carboxylic acids is 1. The Morgan fingerprint density at radius 1 is 1.33 bits per heavy atom. The Morgan fingerprint density at radius 2 is 1.93 bits per heavy atom. The van der Waals surface area contributed by atoms with Gasteiger partial charge in [-0.25, -0.2) is 0 Å². The van der Waals surface area contributed by atoms with Gasteiger partial charge in [-0.1, -0.05) is 26.7 Å². The largest absolute Gasteiger partial charge is 0.463 e. The van der Waals surface area contributed by atoms with E-state index in [1.54, 1.807) is 0 Å². The molecule has 0 aliphatic rings. The Kier molecular flexibility index (Phi) is 7.39. The van der Waals surface area contributed by atoms with Crippen molar-refractivity contribution >= 4 is 5.97 Å². The van der Waals surface area contributed by atoms with Gasteiger partial charge in [0.2, 0.25) is 0 Å². The number of carbonyl (C=O) groups is 1. The van der Waals surface area contributed by atoms with Crippen LogP contribution in [0.3, 0.4) is 0 Å². The van der Waals surface area contributed by atoms with Crippen molar-refractivity contribution in [3.63, 3.8) is 0 Å². The molecule has 0 radical (unpaired) electrons. The van der Waals surface area contributed by atoms with E-state index in [-0.39, 0.29) is 24.1 Å². The van der Waals surface area contributed by atoms with Crippen LogP contribution in [0.25, 0.3) is 0 Å². The number of rotatable bonds is 7. The number of aliphatic hydroxyl groups is 1. The third-order valence-electron chi connectivity index (χ3n) is 2.37. The molecule has 0 aliphatic carbocycles. The highest BCUT2D eigenvalue weighted by Crippen LogP contribution is 2.15. The van der Waals surface area contributed by atoms with E-state index in [1.807, 2.05) is 20.8 Å². The van der Waals surface area contributed by atoms with E-state index in [1.165, 1.54) is 0 Å². The van der Waals surface area contributed by atoms with Gasteiger partial charge in [0.1, 0.15) is 0 Å². The average molecular weight is 216 g/mol.